The SMILES string of the molecule is CC(CNS(=O)(=O)Cc1ccccc1)c1ccccc1. The molecule has 0 bridgehead atoms. The summed E-state index contributed by atoms with van der Waals surface area (Å²) in [6.07, 6.45) is 0. The van der Waals surface area contributed by atoms with Crippen LogP contribution in [-0.2, 0) is 15.8 Å². The lowest BCUT2D eigenvalue weighted by Gasteiger charge is -2.13. The molecule has 0 saturated heterocycles. The molecular formula is C16H19NO2S. The van der Waals surface area contributed by atoms with Crippen LogP contribution in [0.1, 0.15) is 24.0 Å². The van der Waals surface area contributed by atoms with E-state index in [0.29, 0.717) is 6.54 Å². The normalized spacial score (nSPS) is 13.1. The maximum absolute atomic E-state index is 12.0. The van der Waals surface area contributed by atoms with E-state index in [9.17, 15) is 8.42 Å². The van der Waals surface area contributed by atoms with Gasteiger partial charge in [-0.05, 0) is 17.0 Å². The zero-order valence-electron chi connectivity index (χ0n) is 11.5. The molecule has 0 amide bonds. The average Bonchev–Trinajstić information content (AvgIpc) is 2.46. The second kappa shape index (κ2) is 6.68. The summed E-state index contributed by atoms with van der Waals surface area (Å²) in [5.74, 6) is 0.178. The summed E-state index contributed by atoms with van der Waals surface area (Å²) in [4.78, 5) is 0. The van der Waals surface area contributed by atoms with Crippen LogP contribution in [-0.4, -0.2) is 15.0 Å². The van der Waals surface area contributed by atoms with Crippen molar-refractivity contribution >= 4 is 10.0 Å². The predicted octanol–water partition coefficient (Wildman–Crippen LogP) is 2.91. The maximum atomic E-state index is 12.0. The Hall–Kier alpha value is -1.65. The lowest BCUT2D eigenvalue weighted by molar-refractivity contribution is 0.574. The third-order valence-corrected chi connectivity index (χ3v) is 4.50. The second-order valence-corrected chi connectivity index (χ2v) is 6.71. The van der Waals surface area contributed by atoms with Gasteiger partial charge < -0.3 is 0 Å². The summed E-state index contributed by atoms with van der Waals surface area (Å²) in [5, 5.41) is 0. The highest BCUT2D eigenvalue weighted by Gasteiger charge is 2.13. The topological polar surface area (TPSA) is 46.2 Å². The molecule has 1 unspecified atom stereocenters. The van der Waals surface area contributed by atoms with Crippen LogP contribution in [0.5, 0.6) is 0 Å². The Morgan fingerprint density at radius 2 is 1.50 bits per heavy atom. The third-order valence-electron chi connectivity index (χ3n) is 3.18. The van der Waals surface area contributed by atoms with Crippen molar-refractivity contribution in [3.63, 3.8) is 0 Å². The fraction of sp³-hybridized carbons (Fsp3) is 0.250. The van der Waals surface area contributed by atoms with Gasteiger partial charge in [-0.25, -0.2) is 13.1 Å². The van der Waals surface area contributed by atoms with E-state index >= 15 is 0 Å². The first-order valence-corrected chi connectivity index (χ1v) is 8.28. The summed E-state index contributed by atoms with van der Waals surface area (Å²) in [7, 11) is -3.29. The van der Waals surface area contributed by atoms with Crippen LogP contribution < -0.4 is 4.72 Å². The molecule has 0 saturated carbocycles. The molecule has 106 valence electrons. The van der Waals surface area contributed by atoms with Crippen molar-refractivity contribution in [3.05, 3.63) is 71.8 Å². The first-order chi connectivity index (χ1) is 9.57. The molecule has 1 atom stereocenters. The van der Waals surface area contributed by atoms with Gasteiger partial charge in [0.15, 0.2) is 0 Å². The highest BCUT2D eigenvalue weighted by atomic mass is 32.2. The molecule has 0 aromatic heterocycles. The summed E-state index contributed by atoms with van der Waals surface area (Å²) >= 11 is 0. The van der Waals surface area contributed by atoms with Crippen LogP contribution in [0, 0.1) is 0 Å². The van der Waals surface area contributed by atoms with E-state index in [1.54, 1.807) is 0 Å². The van der Waals surface area contributed by atoms with Gasteiger partial charge in [-0.3, -0.25) is 0 Å². The molecule has 0 aliphatic rings. The van der Waals surface area contributed by atoms with E-state index in [-0.39, 0.29) is 11.7 Å². The molecule has 20 heavy (non-hydrogen) atoms. The quantitative estimate of drug-likeness (QED) is 0.888. The molecule has 3 nitrogen and oxygen atoms in total. The van der Waals surface area contributed by atoms with Crippen LogP contribution in [0.15, 0.2) is 60.7 Å². The van der Waals surface area contributed by atoms with Gasteiger partial charge in [-0.1, -0.05) is 67.6 Å². The van der Waals surface area contributed by atoms with Crippen LogP contribution in [0.3, 0.4) is 0 Å². The average molecular weight is 289 g/mol. The Kier molecular flexibility index (Phi) is 4.93. The monoisotopic (exact) mass is 289 g/mol. The van der Waals surface area contributed by atoms with Gasteiger partial charge in [0.05, 0.1) is 5.75 Å². The van der Waals surface area contributed by atoms with E-state index in [4.69, 9.17) is 0 Å². The number of hydrogen-bond donors (Lipinski definition) is 1. The highest BCUT2D eigenvalue weighted by molar-refractivity contribution is 7.88. The molecule has 2 aromatic carbocycles. The molecule has 2 aromatic rings. The zero-order valence-corrected chi connectivity index (χ0v) is 12.3. The third kappa shape index (κ3) is 4.47. The number of benzene rings is 2. The van der Waals surface area contributed by atoms with Crippen LogP contribution in [0.2, 0.25) is 0 Å². The summed E-state index contributed by atoms with van der Waals surface area (Å²) < 4.78 is 26.7. The van der Waals surface area contributed by atoms with Gasteiger partial charge in [-0.15, -0.1) is 0 Å². The standard InChI is InChI=1S/C16H19NO2S/c1-14(16-10-6-3-7-11-16)12-17-20(18,19)13-15-8-4-2-5-9-15/h2-11,14,17H,12-13H2,1H3. The molecule has 0 radical (unpaired) electrons. The van der Waals surface area contributed by atoms with E-state index in [2.05, 4.69) is 4.72 Å². The lowest BCUT2D eigenvalue weighted by atomic mass is 10.0. The molecule has 1 N–H and O–H groups in total. The van der Waals surface area contributed by atoms with Crippen LogP contribution >= 0.6 is 0 Å². The van der Waals surface area contributed by atoms with Gasteiger partial charge in [-0.2, -0.15) is 0 Å². The minimum Gasteiger partial charge on any atom is -0.214 e. The van der Waals surface area contributed by atoms with Gasteiger partial charge >= 0.3 is 0 Å². The molecule has 0 aliphatic heterocycles. The molecular weight excluding hydrogens is 270 g/mol. The van der Waals surface area contributed by atoms with Crippen molar-refractivity contribution in [1.82, 2.24) is 4.72 Å². The van der Waals surface area contributed by atoms with Crippen molar-refractivity contribution in [1.29, 1.82) is 0 Å². The minimum absolute atomic E-state index is 0.0232. The Morgan fingerprint density at radius 3 is 2.10 bits per heavy atom. The van der Waals surface area contributed by atoms with Crippen molar-refractivity contribution in [2.75, 3.05) is 6.54 Å². The van der Waals surface area contributed by atoms with E-state index in [1.165, 1.54) is 0 Å². The molecule has 2 rings (SSSR count). The van der Waals surface area contributed by atoms with Gasteiger partial charge in [0.1, 0.15) is 0 Å². The lowest BCUT2D eigenvalue weighted by Crippen LogP contribution is -2.28. The number of nitrogens with one attached hydrogen (secondary N) is 1. The van der Waals surface area contributed by atoms with Gasteiger partial charge in [0.2, 0.25) is 10.0 Å². The summed E-state index contributed by atoms with van der Waals surface area (Å²) in [6.45, 7) is 2.43. The fourth-order valence-corrected chi connectivity index (χ4v) is 3.23. The van der Waals surface area contributed by atoms with Gasteiger partial charge in [0.25, 0.3) is 0 Å². The van der Waals surface area contributed by atoms with E-state index < -0.39 is 10.0 Å². The minimum atomic E-state index is -3.29. The van der Waals surface area contributed by atoms with Crippen molar-refractivity contribution in [2.45, 2.75) is 18.6 Å². The van der Waals surface area contributed by atoms with E-state index in [1.807, 2.05) is 67.6 Å². The summed E-state index contributed by atoms with van der Waals surface area (Å²) in [6, 6.07) is 19.1. The Bertz CT molecular complexity index is 624. The highest BCUT2D eigenvalue weighted by Crippen LogP contribution is 2.14. The van der Waals surface area contributed by atoms with Gasteiger partial charge in [0, 0.05) is 6.54 Å². The number of rotatable bonds is 6. The molecule has 0 heterocycles. The number of sulfonamides is 1. The summed E-state index contributed by atoms with van der Waals surface area (Å²) in [5.41, 5.74) is 1.93. The molecule has 0 spiro atoms. The molecule has 0 fully saturated rings. The fourth-order valence-electron chi connectivity index (χ4n) is 2.00. The maximum Gasteiger partial charge on any atom is 0.215 e. The Labute approximate surface area is 120 Å². The Morgan fingerprint density at radius 1 is 0.950 bits per heavy atom. The van der Waals surface area contributed by atoms with Crippen LogP contribution in [0.4, 0.5) is 0 Å². The second-order valence-electron chi connectivity index (χ2n) is 4.90. The molecule has 0 aliphatic carbocycles. The first-order valence-electron chi connectivity index (χ1n) is 6.63. The smallest absolute Gasteiger partial charge is 0.214 e. The predicted molar refractivity (Wildman–Crippen MR) is 81.9 cm³/mol. The Balaban J connectivity index is 1.93. The van der Waals surface area contributed by atoms with E-state index in [0.717, 1.165) is 11.1 Å². The van der Waals surface area contributed by atoms with Crippen LogP contribution in [0.25, 0.3) is 0 Å². The largest absolute Gasteiger partial charge is 0.215 e. The van der Waals surface area contributed by atoms with Crippen molar-refractivity contribution in [3.8, 4) is 0 Å². The van der Waals surface area contributed by atoms with Crippen molar-refractivity contribution < 1.29 is 8.42 Å². The number of hydrogen-bond acceptors (Lipinski definition) is 2. The molecule has 4 heteroatoms. The zero-order chi connectivity index (χ0) is 14.4. The first kappa shape index (κ1) is 14.8. The van der Waals surface area contributed by atoms with Crippen molar-refractivity contribution in [2.24, 2.45) is 0 Å².